The number of aliphatic hydroxyl groups excluding tert-OH is 1. The van der Waals surface area contributed by atoms with Gasteiger partial charge in [-0.05, 0) is 52.1 Å². The van der Waals surface area contributed by atoms with E-state index in [0.29, 0.717) is 5.92 Å². The molecule has 0 fully saturated rings. The minimum absolute atomic E-state index is 0.240. The largest absolute Gasteiger partial charge is 0.396 e. The quantitative estimate of drug-likeness (QED) is 0.866. The number of hydrogen-bond acceptors (Lipinski definition) is 1. The maximum Gasteiger partial charge on any atom is 0.0490 e. The first-order valence-electron chi connectivity index (χ1n) is 5.06. The van der Waals surface area contributed by atoms with Gasteiger partial charge in [0.2, 0.25) is 0 Å². The SMILES string of the molecule is CC(CO)Cn1ccc2ccc(I)cc21. The number of aromatic nitrogens is 1. The first-order chi connectivity index (χ1) is 7.20. The number of fused-ring (bicyclic) bond motifs is 1. The van der Waals surface area contributed by atoms with E-state index in [0.717, 1.165) is 6.54 Å². The molecule has 0 saturated carbocycles. The lowest BCUT2D eigenvalue weighted by Gasteiger charge is -2.10. The average Bonchev–Trinajstić information content (AvgIpc) is 2.61. The molecule has 2 aromatic rings. The standard InChI is InChI=1S/C12H14INO/c1-9(8-15)7-14-5-4-10-2-3-11(13)6-12(10)14/h2-6,9,15H,7-8H2,1H3. The molecular weight excluding hydrogens is 301 g/mol. The van der Waals surface area contributed by atoms with Crippen LogP contribution in [0.25, 0.3) is 10.9 Å². The van der Waals surface area contributed by atoms with Gasteiger partial charge in [-0.3, -0.25) is 0 Å². The summed E-state index contributed by atoms with van der Waals surface area (Å²) in [5.41, 5.74) is 1.25. The molecule has 80 valence electrons. The molecule has 1 N–H and O–H groups in total. The monoisotopic (exact) mass is 315 g/mol. The van der Waals surface area contributed by atoms with Crippen molar-refractivity contribution < 1.29 is 5.11 Å². The van der Waals surface area contributed by atoms with Gasteiger partial charge in [-0.25, -0.2) is 0 Å². The Kier molecular flexibility index (Phi) is 3.31. The summed E-state index contributed by atoms with van der Waals surface area (Å²) in [6.07, 6.45) is 2.09. The van der Waals surface area contributed by atoms with E-state index in [4.69, 9.17) is 5.11 Å². The second-order valence-electron chi connectivity index (χ2n) is 3.96. The van der Waals surface area contributed by atoms with Crippen molar-refractivity contribution in [2.75, 3.05) is 6.61 Å². The Balaban J connectivity index is 2.39. The lowest BCUT2D eigenvalue weighted by molar-refractivity contribution is 0.224. The highest BCUT2D eigenvalue weighted by Gasteiger charge is 2.05. The Morgan fingerprint density at radius 3 is 2.93 bits per heavy atom. The average molecular weight is 315 g/mol. The number of rotatable bonds is 3. The van der Waals surface area contributed by atoms with Crippen LogP contribution in [-0.4, -0.2) is 16.3 Å². The third-order valence-corrected chi connectivity index (χ3v) is 3.23. The Labute approximate surface area is 103 Å². The fraction of sp³-hybridized carbons (Fsp3) is 0.333. The minimum atomic E-state index is 0.240. The lowest BCUT2D eigenvalue weighted by atomic mass is 10.2. The van der Waals surface area contributed by atoms with E-state index in [-0.39, 0.29) is 6.61 Å². The van der Waals surface area contributed by atoms with Crippen LogP contribution in [0.4, 0.5) is 0 Å². The van der Waals surface area contributed by atoms with E-state index in [1.54, 1.807) is 0 Å². The van der Waals surface area contributed by atoms with Crippen LogP contribution in [0, 0.1) is 9.49 Å². The van der Waals surface area contributed by atoms with Crippen LogP contribution in [0.2, 0.25) is 0 Å². The van der Waals surface area contributed by atoms with Crippen LogP contribution in [0.15, 0.2) is 30.5 Å². The highest BCUT2D eigenvalue weighted by Crippen LogP contribution is 2.19. The first kappa shape index (κ1) is 11.0. The molecule has 0 bridgehead atoms. The molecule has 1 atom stereocenters. The van der Waals surface area contributed by atoms with E-state index < -0.39 is 0 Å². The van der Waals surface area contributed by atoms with Crippen molar-refractivity contribution in [3.8, 4) is 0 Å². The molecule has 3 heteroatoms. The van der Waals surface area contributed by atoms with E-state index >= 15 is 0 Å². The Bertz CT molecular complexity index is 464. The summed E-state index contributed by atoms with van der Waals surface area (Å²) in [4.78, 5) is 0. The zero-order chi connectivity index (χ0) is 10.8. The smallest absolute Gasteiger partial charge is 0.0490 e. The van der Waals surface area contributed by atoms with Crippen LogP contribution in [0.1, 0.15) is 6.92 Å². The van der Waals surface area contributed by atoms with Crippen molar-refractivity contribution in [2.45, 2.75) is 13.5 Å². The van der Waals surface area contributed by atoms with Gasteiger partial charge < -0.3 is 9.67 Å². The highest BCUT2D eigenvalue weighted by atomic mass is 127. The number of nitrogens with zero attached hydrogens (tertiary/aromatic N) is 1. The topological polar surface area (TPSA) is 25.2 Å². The van der Waals surface area contributed by atoms with Gasteiger partial charge in [0.1, 0.15) is 0 Å². The van der Waals surface area contributed by atoms with Gasteiger partial charge in [0.05, 0.1) is 0 Å². The summed E-state index contributed by atoms with van der Waals surface area (Å²) in [6.45, 7) is 3.17. The molecule has 1 heterocycles. The van der Waals surface area contributed by atoms with E-state index in [2.05, 4.69) is 64.5 Å². The normalized spacial score (nSPS) is 13.3. The maximum atomic E-state index is 9.05. The van der Waals surface area contributed by atoms with Crippen LogP contribution in [0.3, 0.4) is 0 Å². The molecule has 2 nitrogen and oxygen atoms in total. The number of hydrogen-bond donors (Lipinski definition) is 1. The van der Waals surface area contributed by atoms with Crippen molar-refractivity contribution in [3.05, 3.63) is 34.0 Å². The van der Waals surface area contributed by atoms with Gasteiger partial charge in [-0.2, -0.15) is 0 Å². The zero-order valence-corrected chi connectivity index (χ0v) is 10.8. The summed E-state index contributed by atoms with van der Waals surface area (Å²) < 4.78 is 3.45. The lowest BCUT2D eigenvalue weighted by Crippen LogP contribution is -2.10. The first-order valence-corrected chi connectivity index (χ1v) is 6.14. The molecule has 0 radical (unpaired) electrons. The molecule has 0 aliphatic heterocycles. The predicted molar refractivity (Wildman–Crippen MR) is 70.9 cm³/mol. The summed E-state index contributed by atoms with van der Waals surface area (Å²) in [5, 5.41) is 10.3. The van der Waals surface area contributed by atoms with Crippen LogP contribution < -0.4 is 0 Å². The van der Waals surface area contributed by atoms with Crippen molar-refractivity contribution >= 4 is 33.5 Å². The fourth-order valence-electron chi connectivity index (χ4n) is 1.71. The maximum absolute atomic E-state index is 9.05. The van der Waals surface area contributed by atoms with E-state index in [1.165, 1.54) is 14.5 Å². The van der Waals surface area contributed by atoms with Gasteiger partial charge >= 0.3 is 0 Å². The van der Waals surface area contributed by atoms with Crippen LogP contribution in [0.5, 0.6) is 0 Å². The van der Waals surface area contributed by atoms with E-state index in [1.807, 2.05) is 0 Å². The molecule has 0 aliphatic carbocycles. The van der Waals surface area contributed by atoms with Crippen molar-refractivity contribution in [2.24, 2.45) is 5.92 Å². The molecule has 15 heavy (non-hydrogen) atoms. The second kappa shape index (κ2) is 4.53. The predicted octanol–water partition coefficient (Wildman–Crippen LogP) is 2.87. The molecule has 1 unspecified atom stereocenters. The summed E-state index contributed by atoms with van der Waals surface area (Å²) in [7, 11) is 0. The summed E-state index contributed by atoms with van der Waals surface area (Å²) >= 11 is 2.32. The molecule has 2 rings (SSSR count). The molecular formula is C12H14INO. The van der Waals surface area contributed by atoms with Crippen LogP contribution in [-0.2, 0) is 6.54 Å². The third-order valence-electron chi connectivity index (χ3n) is 2.56. The molecule has 0 saturated heterocycles. The molecule has 0 spiro atoms. The molecule has 0 aliphatic rings. The van der Waals surface area contributed by atoms with Crippen molar-refractivity contribution in [1.29, 1.82) is 0 Å². The molecule has 0 amide bonds. The fourth-order valence-corrected chi connectivity index (χ4v) is 2.18. The van der Waals surface area contributed by atoms with Gasteiger partial charge in [0.25, 0.3) is 0 Å². The Hall–Kier alpha value is -0.550. The Morgan fingerprint density at radius 2 is 2.20 bits per heavy atom. The van der Waals surface area contributed by atoms with Gasteiger partial charge in [0.15, 0.2) is 0 Å². The zero-order valence-electron chi connectivity index (χ0n) is 8.65. The van der Waals surface area contributed by atoms with Gasteiger partial charge in [-0.1, -0.05) is 13.0 Å². The number of halogens is 1. The second-order valence-corrected chi connectivity index (χ2v) is 5.20. The van der Waals surface area contributed by atoms with Crippen LogP contribution >= 0.6 is 22.6 Å². The van der Waals surface area contributed by atoms with E-state index in [9.17, 15) is 0 Å². The third kappa shape index (κ3) is 2.34. The summed E-state index contributed by atoms with van der Waals surface area (Å²) in [5.74, 6) is 0.304. The molecule has 1 aromatic carbocycles. The van der Waals surface area contributed by atoms with Gasteiger partial charge in [-0.15, -0.1) is 0 Å². The number of benzene rings is 1. The Morgan fingerprint density at radius 1 is 1.40 bits per heavy atom. The van der Waals surface area contributed by atoms with Crippen molar-refractivity contribution in [3.63, 3.8) is 0 Å². The minimum Gasteiger partial charge on any atom is -0.396 e. The van der Waals surface area contributed by atoms with Crippen molar-refractivity contribution in [1.82, 2.24) is 4.57 Å². The van der Waals surface area contributed by atoms with Gasteiger partial charge in [0, 0.05) is 28.4 Å². The highest BCUT2D eigenvalue weighted by molar-refractivity contribution is 14.1. The molecule has 1 aromatic heterocycles. The number of aliphatic hydroxyl groups is 1. The summed E-state index contributed by atoms with van der Waals surface area (Å²) in [6, 6.07) is 8.55.